The summed E-state index contributed by atoms with van der Waals surface area (Å²) in [5, 5.41) is 18.1. The van der Waals surface area contributed by atoms with Crippen molar-refractivity contribution in [3.05, 3.63) is 112 Å². The van der Waals surface area contributed by atoms with Crippen LogP contribution in [0.1, 0.15) is 36.0 Å². The SMILES string of the molecule is CNC1CC2(C1)CC(Nc1ncc(Cl)c(-c3cn(S(=O)(=O)c4ccccc4)c4ccccc34)n1)C2.O=Cc1ccc([N+](=O)[O-])cc1. The lowest BCUT2D eigenvalue weighted by Gasteiger charge is -2.57. The van der Waals surface area contributed by atoms with E-state index in [-0.39, 0.29) is 10.6 Å². The summed E-state index contributed by atoms with van der Waals surface area (Å²) in [6.07, 6.45) is 8.51. The molecule has 46 heavy (non-hydrogen) atoms. The molecule has 0 saturated heterocycles. The van der Waals surface area contributed by atoms with Crippen LogP contribution in [-0.2, 0) is 10.0 Å². The Labute approximate surface area is 270 Å². The molecule has 1 spiro atoms. The zero-order chi connectivity index (χ0) is 32.5. The van der Waals surface area contributed by atoms with E-state index in [2.05, 4.69) is 15.6 Å². The predicted octanol–water partition coefficient (Wildman–Crippen LogP) is 6.34. The van der Waals surface area contributed by atoms with Crippen LogP contribution in [0.2, 0.25) is 5.02 Å². The van der Waals surface area contributed by atoms with Crippen LogP contribution in [0, 0.1) is 15.5 Å². The van der Waals surface area contributed by atoms with Gasteiger partial charge in [0.1, 0.15) is 6.29 Å². The lowest BCUT2D eigenvalue weighted by atomic mass is 9.52. The fraction of sp³-hybridized carbons (Fsp3) is 0.242. The predicted molar refractivity (Wildman–Crippen MR) is 177 cm³/mol. The molecule has 2 N–H and O–H groups in total. The topological polar surface area (TPSA) is 149 Å². The van der Waals surface area contributed by atoms with E-state index in [0.29, 0.717) is 57.1 Å². The quantitative estimate of drug-likeness (QED) is 0.111. The van der Waals surface area contributed by atoms with Crippen molar-refractivity contribution in [2.75, 3.05) is 12.4 Å². The third-order valence-electron chi connectivity index (χ3n) is 8.68. The van der Waals surface area contributed by atoms with Crippen molar-refractivity contribution in [2.45, 2.75) is 42.7 Å². The summed E-state index contributed by atoms with van der Waals surface area (Å²) < 4.78 is 28.2. The normalized spacial score (nSPS) is 20.2. The van der Waals surface area contributed by atoms with E-state index < -0.39 is 14.9 Å². The van der Waals surface area contributed by atoms with Gasteiger partial charge in [0, 0.05) is 46.9 Å². The Morgan fingerprint density at radius 2 is 1.63 bits per heavy atom. The fourth-order valence-corrected chi connectivity index (χ4v) is 7.92. The van der Waals surface area contributed by atoms with Crippen LogP contribution in [0.15, 0.2) is 96.2 Å². The van der Waals surface area contributed by atoms with Crippen LogP contribution >= 0.6 is 11.6 Å². The van der Waals surface area contributed by atoms with Crippen LogP contribution in [0.4, 0.5) is 11.6 Å². The Kier molecular flexibility index (Phi) is 8.60. The first-order valence-electron chi connectivity index (χ1n) is 14.7. The summed E-state index contributed by atoms with van der Waals surface area (Å²) in [7, 11) is -1.77. The number of rotatable bonds is 8. The molecule has 0 bridgehead atoms. The van der Waals surface area contributed by atoms with E-state index in [0.717, 1.165) is 18.2 Å². The third-order valence-corrected chi connectivity index (χ3v) is 10.6. The number of aldehydes is 1. The largest absolute Gasteiger partial charge is 0.351 e. The highest BCUT2D eigenvalue weighted by Gasteiger charge is 2.52. The highest BCUT2D eigenvalue weighted by molar-refractivity contribution is 7.90. The van der Waals surface area contributed by atoms with Gasteiger partial charge in [0.05, 0.1) is 32.2 Å². The molecule has 2 aliphatic carbocycles. The molecule has 0 amide bonds. The summed E-state index contributed by atoms with van der Waals surface area (Å²) in [6.45, 7) is 0. The van der Waals surface area contributed by atoms with Crippen molar-refractivity contribution in [3.8, 4) is 11.3 Å². The number of nitro groups is 1. The van der Waals surface area contributed by atoms with Gasteiger partial charge < -0.3 is 10.6 Å². The van der Waals surface area contributed by atoms with E-state index in [1.165, 1.54) is 41.1 Å². The molecule has 236 valence electrons. The summed E-state index contributed by atoms with van der Waals surface area (Å²) in [5.74, 6) is 0.511. The Bertz CT molecular complexity index is 2000. The van der Waals surface area contributed by atoms with E-state index in [4.69, 9.17) is 16.6 Å². The number of non-ortho nitro benzene ring substituents is 1. The number of halogens is 1. The number of nitrogens with zero attached hydrogens (tertiary/aromatic N) is 4. The minimum absolute atomic E-state index is 0.00407. The van der Waals surface area contributed by atoms with Gasteiger partial charge in [-0.2, -0.15) is 0 Å². The van der Waals surface area contributed by atoms with Crippen molar-refractivity contribution in [1.82, 2.24) is 19.3 Å². The summed E-state index contributed by atoms with van der Waals surface area (Å²) >= 11 is 6.55. The van der Waals surface area contributed by atoms with Crippen LogP contribution in [0.5, 0.6) is 0 Å². The minimum Gasteiger partial charge on any atom is -0.351 e. The van der Waals surface area contributed by atoms with Gasteiger partial charge in [-0.1, -0.05) is 48.0 Å². The van der Waals surface area contributed by atoms with Crippen molar-refractivity contribution in [1.29, 1.82) is 0 Å². The van der Waals surface area contributed by atoms with Gasteiger partial charge in [-0.15, -0.1) is 0 Å². The number of aromatic nitrogens is 3. The number of nitrogens with one attached hydrogen (secondary N) is 2. The maximum Gasteiger partial charge on any atom is 0.269 e. The molecule has 2 fully saturated rings. The van der Waals surface area contributed by atoms with Gasteiger partial charge >= 0.3 is 0 Å². The average Bonchev–Trinajstić information content (AvgIpc) is 3.43. The first-order valence-corrected chi connectivity index (χ1v) is 16.5. The van der Waals surface area contributed by atoms with Crippen LogP contribution < -0.4 is 10.6 Å². The highest BCUT2D eigenvalue weighted by Crippen LogP contribution is 2.56. The van der Waals surface area contributed by atoms with E-state index in [9.17, 15) is 23.3 Å². The molecule has 7 rings (SSSR count). The van der Waals surface area contributed by atoms with E-state index >= 15 is 0 Å². The molecule has 0 unspecified atom stereocenters. The first-order chi connectivity index (χ1) is 22.1. The number of hydrogen-bond donors (Lipinski definition) is 2. The molecule has 2 aliphatic rings. The van der Waals surface area contributed by atoms with Gasteiger partial charge in [0.25, 0.3) is 15.7 Å². The zero-order valence-electron chi connectivity index (χ0n) is 24.8. The zero-order valence-corrected chi connectivity index (χ0v) is 26.4. The molecule has 0 radical (unpaired) electrons. The van der Waals surface area contributed by atoms with Crippen LogP contribution in [0.3, 0.4) is 0 Å². The second-order valence-electron chi connectivity index (χ2n) is 11.7. The Hall–Kier alpha value is -4.65. The average molecular weight is 659 g/mol. The number of carbonyl (C=O) groups is 1. The number of fused-ring (bicyclic) bond motifs is 1. The highest BCUT2D eigenvalue weighted by atomic mass is 35.5. The van der Waals surface area contributed by atoms with Gasteiger partial charge in [-0.25, -0.2) is 22.4 Å². The van der Waals surface area contributed by atoms with Crippen molar-refractivity contribution >= 4 is 50.4 Å². The van der Waals surface area contributed by atoms with Crippen molar-refractivity contribution in [3.63, 3.8) is 0 Å². The molecule has 0 atom stereocenters. The number of para-hydroxylation sites is 1. The first kappa shape index (κ1) is 31.3. The Morgan fingerprint density at radius 3 is 2.28 bits per heavy atom. The smallest absolute Gasteiger partial charge is 0.269 e. The second-order valence-corrected chi connectivity index (χ2v) is 13.9. The maximum atomic E-state index is 13.5. The number of hydrogen-bond acceptors (Lipinski definition) is 9. The lowest BCUT2D eigenvalue weighted by molar-refractivity contribution is -0.384. The molecule has 2 heterocycles. The van der Waals surface area contributed by atoms with Gasteiger partial charge in [-0.05, 0) is 68.5 Å². The molecular weight excluding hydrogens is 628 g/mol. The number of anilines is 1. The molecule has 13 heteroatoms. The monoisotopic (exact) mass is 658 g/mol. The van der Waals surface area contributed by atoms with E-state index in [1.54, 1.807) is 48.8 Å². The molecule has 2 saturated carbocycles. The molecule has 3 aromatic carbocycles. The molecule has 5 aromatic rings. The fourth-order valence-electron chi connectivity index (χ4n) is 6.34. The molecule has 0 aliphatic heterocycles. The van der Waals surface area contributed by atoms with Gasteiger partial charge in [0.2, 0.25) is 5.95 Å². The molecular formula is C33H31ClN6O5S. The maximum absolute atomic E-state index is 13.5. The Balaban J connectivity index is 0.000000288. The summed E-state index contributed by atoms with van der Waals surface area (Å²) in [6, 6.07) is 22.2. The van der Waals surface area contributed by atoms with Gasteiger partial charge in [0.15, 0.2) is 0 Å². The molecule has 11 nitrogen and oxygen atoms in total. The minimum atomic E-state index is -3.80. The van der Waals surface area contributed by atoms with Crippen molar-refractivity contribution in [2.24, 2.45) is 5.41 Å². The number of carbonyl (C=O) groups excluding carboxylic acids is 1. The van der Waals surface area contributed by atoms with Crippen LogP contribution in [0.25, 0.3) is 22.2 Å². The summed E-state index contributed by atoms with van der Waals surface area (Å²) in [4.78, 5) is 29.1. The third kappa shape index (κ3) is 6.11. The number of nitro benzene ring substituents is 1. The Morgan fingerprint density at radius 1 is 0.978 bits per heavy atom. The molecule has 2 aromatic heterocycles. The second kappa shape index (κ2) is 12.6. The summed E-state index contributed by atoms with van der Waals surface area (Å²) in [5.41, 5.74) is 2.62. The van der Waals surface area contributed by atoms with Crippen molar-refractivity contribution < 1.29 is 18.1 Å². The lowest BCUT2D eigenvalue weighted by Crippen LogP contribution is -2.57. The van der Waals surface area contributed by atoms with E-state index in [1.807, 2.05) is 25.2 Å². The standard InChI is InChI=1S/C26H26ClN5O2S.C7H5NO3/c1-28-17-11-26(12-17)13-18(14-26)30-25-29-15-22(27)24(31-25)21-16-32(23-10-6-5-9-20(21)23)35(33,34)19-7-3-2-4-8-19;9-5-6-1-3-7(4-2-6)8(10)11/h2-10,15-18,28H,11-14H2,1H3,(H,29,30,31);1-5H. The number of benzene rings is 3. The van der Waals surface area contributed by atoms with Crippen LogP contribution in [-0.4, -0.2) is 52.7 Å². The van der Waals surface area contributed by atoms with Gasteiger partial charge in [-0.3, -0.25) is 14.9 Å².